The largest absolute Gasteiger partial charge is 0.469 e. The van der Waals surface area contributed by atoms with E-state index in [9.17, 15) is 14.0 Å². The first-order valence-corrected chi connectivity index (χ1v) is 9.55. The third-order valence-corrected chi connectivity index (χ3v) is 5.18. The number of carbonyl (C=O) groups is 2. The number of fused-ring (bicyclic) bond motifs is 1. The Hall–Kier alpha value is -3.41. The number of furan rings is 1. The Balaban J connectivity index is 1.45. The molecule has 0 aliphatic carbocycles. The zero-order chi connectivity index (χ0) is 20.2. The van der Waals surface area contributed by atoms with E-state index in [2.05, 4.69) is 5.32 Å². The molecule has 1 aliphatic rings. The van der Waals surface area contributed by atoms with Crippen molar-refractivity contribution in [2.75, 3.05) is 18.0 Å². The lowest BCUT2D eigenvalue weighted by molar-refractivity contribution is -0.126. The lowest BCUT2D eigenvalue weighted by atomic mass is 9.93. The summed E-state index contributed by atoms with van der Waals surface area (Å²) >= 11 is 0. The first-order valence-electron chi connectivity index (χ1n) is 9.55. The quantitative estimate of drug-likeness (QED) is 0.699. The highest BCUT2D eigenvalue weighted by molar-refractivity contribution is 5.99. The van der Waals surface area contributed by atoms with Gasteiger partial charge < -0.3 is 14.6 Å². The fraction of sp³-hybridized carbons (Fsp3) is 0.217. The monoisotopic (exact) mass is 392 g/mol. The van der Waals surface area contributed by atoms with Gasteiger partial charge in [0.2, 0.25) is 11.8 Å². The number of hydrogen-bond donors (Lipinski definition) is 1. The van der Waals surface area contributed by atoms with E-state index in [4.69, 9.17) is 4.42 Å². The predicted octanol–water partition coefficient (Wildman–Crippen LogP) is 3.45. The minimum Gasteiger partial charge on any atom is -0.469 e. The molecule has 5 nitrogen and oxygen atoms in total. The molecule has 2 amide bonds. The van der Waals surface area contributed by atoms with Crippen LogP contribution in [0.4, 0.5) is 10.1 Å². The second-order valence-electron chi connectivity index (χ2n) is 7.03. The molecule has 4 rings (SSSR count). The van der Waals surface area contributed by atoms with Gasteiger partial charge in [-0.3, -0.25) is 9.59 Å². The van der Waals surface area contributed by atoms with Crippen molar-refractivity contribution in [3.05, 3.63) is 89.6 Å². The second-order valence-corrected chi connectivity index (χ2v) is 7.03. The van der Waals surface area contributed by atoms with E-state index in [-0.39, 0.29) is 24.2 Å². The molecule has 0 saturated carbocycles. The van der Waals surface area contributed by atoms with Gasteiger partial charge in [-0.2, -0.15) is 0 Å². The molecule has 0 fully saturated rings. The first kappa shape index (κ1) is 18.9. The van der Waals surface area contributed by atoms with Crippen LogP contribution >= 0.6 is 0 Å². The van der Waals surface area contributed by atoms with Crippen LogP contribution in [0.1, 0.15) is 22.8 Å². The van der Waals surface area contributed by atoms with E-state index in [0.29, 0.717) is 24.3 Å². The van der Waals surface area contributed by atoms with Crippen LogP contribution < -0.4 is 10.2 Å². The van der Waals surface area contributed by atoms with Gasteiger partial charge in [0.15, 0.2) is 0 Å². The highest BCUT2D eigenvalue weighted by Crippen LogP contribution is 2.27. The third kappa shape index (κ3) is 4.21. The molecule has 6 heteroatoms. The molecule has 1 aliphatic heterocycles. The summed E-state index contributed by atoms with van der Waals surface area (Å²) in [4.78, 5) is 27.3. The molecule has 0 radical (unpaired) electrons. The van der Waals surface area contributed by atoms with Crippen molar-refractivity contribution in [2.24, 2.45) is 0 Å². The number of anilines is 1. The highest BCUT2D eigenvalue weighted by Gasteiger charge is 2.26. The van der Waals surface area contributed by atoms with Crippen LogP contribution in [0.5, 0.6) is 0 Å². The Morgan fingerprint density at radius 2 is 1.86 bits per heavy atom. The second kappa shape index (κ2) is 8.31. The van der Waals surface area contributed by atoms with Crippen molar-refractivity contribution in [1.82, 2.24) is 5.32 Å². The molecule has 1 unspecified atom stereocenters. The summed E-state index contributed by atoms with van der Waals surface area (Å²) in [7, 11) is 0. The van der Waals surface area contributed by atoms with E-state index in [0.717, 1.165) is 17.7 Å². The maximum Gasteiger partial charge on any atom is 0.246 e. The Kier molecular flexibility index (Phi) is 5.42. The smallest absolute Gasteiger partial charge is 0.246 e. The van der Waals surface area contributed by atoms with Gasteiger partial charge in [-0.25, -0.2) is 4.39 Å². The molecule has 0 spiro atoms. The number of para-hydroxylation sites is 1. The number of amides is 2. The van der Waals surface area contributed by atoms with Gasteiger partial charge in [-0.15, -0.1) is 0 Å². The molecule has 29 heavy (non-hydrogen) atoms. The van der Waals surface area contributed by atoms with E-state index in [1.165, 1.54) is 12.1 Å². The molecule has 0 saturated heterocycles. The van der Waals surface area contributed by atoms with Gasteiger partial charge in [0.25, 0.3) is 0 Å². The van der Waals surface area contributed by atoms with Crippen molar-refractivity contribution in [1.29, 1.82) is 0 Å². The number of benzene rings is 2. The number of hydrogen-bond acceptors (Lipinski definition) is 3. The van der Waals surface area contributed by atoms with Crippen LogP contribution in [0, 0.1) is 5.82 Å². The SMILES string of the molecule is O=C(NCC(=O)N1CCc2ccccc21)C(Cc1ccco1)c1ccc(F)cc1. The van der Waals surface area contributed by atoms with E-state index in [1.807, 2.05) is 24.3 Å². The molecule has 0 bridgehead atoms. The van der Waals surface area contributed by atoms with Crippen molar-refractivity contribution in [2.45, 2.75) is 18.8 Å². The molecule has 3 aromatic rings. The molecule has 2 heterocycles. The molecule has 1 aromatic heterocycles. The highest BCUT2D eigenvalue weighted by atomic mass is 19.1. The maximum atomic E-state index is 13.3. The fourth-order valence-corrected chi connectivity index (χ4v) is 3.67. The van der Waals surface area contributed by atoms with Crippen LogP contribution in [0.2, 0.25) is 0 Å². The number of nitrogens with zero attached hydrogens (tertiary/aromatic N) is 1. The van der Waals surface area contributed by atoms with E-state index < -0.39 is 5.92 Å². The third-order valence-electron chi connectivity index (χ3n) is 5.18. The summed E-state index contributed by atoms with van der Waals surface area (Å²) in [6.07, 6.45) is 2.68. The summed E-state index contributed by atoms with van der Waals surface area (Å²) in [5.41, 5.74) is 2.70. The van der Waals surface area contributed by atoms with Gasteiger partial charge >= 0.3 is 0 Å². The molecule has 148 valence electrons. The standard InChI is InChI=1S/C23H21FN2O3/c24-18-9-7-16(8-10-18)20(14-19-5-3-13-29-19)23(28)25-15-22(27)26-12-11-17-4-1-2-6-21(17)26/h1-10,13,20H,11-12,14-15H2,(H,25,28). The lowest BCUT2D eigenvalue weighted by Gasteiger charge is -2.20. The summed E-state index contributed by atoms with van der Waals surface area (Å²) in [6, 6.07) is 17.1. The Labute approximate surface area is 168 Å². The van der Waals surface area contributed by atoms with Gasteiger partial charge in [0.1, 0.15) is 11.6 Å². The molecular weight excluding hydrogens is 371 g/mol. The van der Waals surface area contributed by atoms with Crippen molar-refractivity contribution >= 4 is 17.5 Å². The molecule has 2 aromatic carbocycles. The Morgan fingerprint density at radius 3 is 2.62 bits per heavy atom. The van der Waals surface area contributed by atoms with Crippen LogP contribution in [-0.4, -0.2) is 24.9 Å². The predicted molar refractivity (Wildman–Crippen MR) is 107 cm³/mol. The summed E-state index contributed by atoms with van der Waals surface area (Å²) < 4.78 is 18.7. The normalized spacial score (nSPS) is 13.8. The van der Waals surface area contributed by atoms with Crippen LogP contribution in [0.3, 0.4) is 0 Å². The zero-order valence-corrected chi connectivity index (χ0v) is 15.8. The maximum absolute atomic E-state index is 13.3. The van der Waals surface area contributed by atoms with Crippen molar-refractivity contribution < 1.29 is 18.4 Å². The van der Waals surface area contributed by atoms with Gasteiger partial charge in [0, 0.05) is 18.7 Å². The van der Waals surface area contributed by atoms with Gasteiger partial charge in [0.05, 0.1) is 18.7 Å². The number of rotatable bonds is 6. The van der Waals surface area contributed by atoms with Crippen LogP contribution in [0.15, 0.2) is 71.3 Å². The van der Waals surface area contributed by atoms with Gasteiger partial charge in [-0.1, -0.05) is 30.3 Å². The molecule has 1 atom stereocenters. The molecular formula is C23H21FN2O3. The summed E-state index contributed by atoms with van der Waals surface area (Å²) in [5.74, 6) is -0.753. The van der Waals surface area contributed by atoms with Crippen molar-refractivity contribution in [3.8, 4) is 0 Å². The molecule has 1 N–H and O–H groups in total. The summed E-state index contributed by atoms with van der Waals surface area (Å²) in [6.45, 7) is 0.519. The van der Waals surface area contributed by atoms with Crippen LogP contribution in [0.25, 0.3) is 0 Å². The Morgan fingerprint density at radius 1 is 1.07 bits per heavy atom. The fourth-order valence-electron chi connectivity index (χ4n) is 3.67. The van der Waals surface area contributed by atoms with E-state index in [1.54, 1.807) is 35.4 Å². The number of halogens is 1. The topological polar surface area (TPSA) is 62.6 Å². The van der Waals surface area contributed by atoms with Crippen LogP contribution in [-0.2, 0) is 22.4 Å². The minimum atomic E-state index is -0.583. The summed E-state index contributed by atoms with van der Waals surface area (Å²) in [5, 5.41) is 2.75. The zero-order valence-electron chi connectivity index (χ0n) is 15.8. The average Bonchev–Trinajstić information content (AvgIpc) is 3.40. The number of nitrogens with one attached hydrogen (secondary N) is 1. The number of carbonyl (C=O) groups excluding carboxylic acids is 2. The van der Waals surface area contributed by atoms with E-state index >= 15 is 0 Å². The average molecular weight is 392 g/mol. The lowest BCUT2D eigenvalue weighted by Crippen LogP contribution is -2.41. The minimum absolute atomic E-state index is 0.0942. The van der Waals surface area contributed by atoms with Gasteiger partial charge in [-0.05, 0) is 47.9 Å². The van der Waals surface area contributed by atoms with Crippen molar-refractivity contribution in [3.63, 3.8) is 0 Å². The first-order chi connectivity index (χ1) is 14.1. The Bertz CT molecular complexity index is 999.